The molecule has 0 bridgehead atoms. The highest BCUT2D eigenvalue weighted by atomic mass is 16.5. The lowest BCUT2D eigenvalue weighted by atomic mass is 10.0. The zero-order valence-electron chi connectivity index (χ0n) is 12.8. The molecule has 0 fully saturated rings. The van der Waals surface area contributed by atoms with Crippen molar-refractivity contribution >= 4 is 22.8 Å². The van der Waals surface area contributed by atoms with Crippen LogP contribution in [-0.4, -0.2) is 30.6 Å². The van der Waals surface area contributed by atoms with Crippen molar-refractivity contribution < 1.29 is 23.8 Å². The molecule has 2 rings (SSSR count). The second kappa shape index (κ2) is 6.95. The molecule has 0 spiro atoms. The van der Waals surface area contributed by atoms with Crippen LogP contribution in [0, 0.1) is 6.92 Å². The summed E-state index contributed by atoms with van der Waals surface area (Å²) >= 11 is 0. The van der Waals surface area contributed by atoms with Gasteiger partial charge in [-0.3, -0.25) is 9.59 Å². The Bertz CT molecular complexity index is 808. The average Bonchev–Trinajstić information content (AvgIpc) is 2.48. The Kier molecular flexibility index (Phi) is 5.00. The van der Waals surface area contributed by atoms with Crippen LogP contribution in [0.25, 0.3) is 11.0 Å². The Hall–Kier alpha value is -2.83. The zero-order chi connectivity index (χ0) is 17.0. The van der Waals surface area contributed by atoms with Gasteiger partial charge in [0, 0.05) is 23.6 Å². The maximum Gasteiger partial charge on any atom is 0.336 e. The van der Waals surface area contributed by atoms with Gasteiger partial charge in [0.2, 0.25) is 5.91 Å². The van der Waals surface area contributed by atoms with E-state index in [-0.39, 0.29) is 25.3 Å². The third kappa shape index (κ3) is 3.88. The number of nitrogens with one attached hydrogen (secondary N) is 1. The maximum absolute atomic E-state index is 11.9. The number of carboxylic acid groups (broad SMARTS) is 1. The van der Waals surface area contributed by atoms with E-state index < -0.39 is 11.6 Å². The van der Waals surface area contributed by atoms with Crippen molar-refractivity contribution in [3.05, 3.63) is 39.7 Å². The van der Waals surface area contributed by atoms with Crippen LogP contribution in [-0.2, 0) is 16.0 Å². The van der Waals surface area contributed by atoms with Crippen LogP contribution < -0.4 is 15.7 Å². The van der Waals surface area contributed by atoms with Crippen LogP contribution in [0.1, 0.15) is 17.5 Å². The Morgan fingerprint density at radius 3 is 2.74 bits per heavy atom. The van der Waals surface area contributed by atoms with Gasteiger partial charge >= 0.3 is 11.6 Å². The van der Waals surface area contributed by atoms with Gasteiger partial charge in [0.1, 0.15) is 11.3 Å². The highest BCUT2D eigenvalue weighted by Gasteiger charge is 2.14. The maximum atomic E-state index is 11.9. The Morgan fingerprint density at radius 2 is 2.09 bits per heavy atom. The minimum absolute atomic E-state index is 0.0342. The van der Waals surface area contributed by atoms with E-state index in [1.165, 1.54) is 13.2 Å². The molecular weight excluding hydrogens is 302 g/mol. The van der Waals surface area contributed by atoms with Crippen molar-refractivity contribution in [3.63, 3.8) is 0 Å². The lowest BCUT2D eigenvalue weighted by Crippen LogP contribution is -2.27. The van der Waals surface area contributed by atoms with Crippen molar-refractivity contribution in [2.75, 3.05) is 13.7 Å². The molecular formula is C16H17NO6. The fraction of sp³-hybridized carbons (Fsp3) is 0.312. The summed E-state index contributed by atoms with van der Waals surface area (Å²) in [6.45, 7) is 1.81. The molecule has 0 saturated carbocycles. The number of rotatable bonds is 6. The highest BCUT2D eigenvalue weighted by molar-refractivity contribution is 5.89. The Balaban J connectivity index is 2.30. The quantitative estimate of drug-likeness (QED) is 0.776. The molecule has 2 aromatic rings. The van der Waals surface area contributed by atoms with Gasteiger partial charge < -0.3 is 19.6 Å². The minimum Gasteiger partial charge on any atom is -0.496 e. The summed E-state index contributed by atoms with van der Waals surface area (Å²) in [6, 6.07) is 4.73. The lowest BCUT2D eigenvalue weighted by Gasteiger charge is -2.10. The van der Waals surface area contributed by atoms with Crippen LogP contribution in [0.4, 0.5) is 0 Å². The average molecular weight is 319 g/mol. The molecule has 0 aliphatic rings. The summed E-state index contributed by atoms with van der Waals surface area (Å²) in [6.07, 6.45) is -0.187. The molecule has 1 heterocycles. The largest absolute Gasteiger partial charge is 0.496 e. The minimum atomic E-state index is -0.987. The highest BCUT2D eigenvalue weighted by Crippen LogP contribution is 2.28. The molecule has 122 valence electrons. The summed E-state index contributed by atoms with van der Waals surface area (Å²) in [7, 11) is 1.52. The number of carbonyl (C=O) groups excluding carboxylic acids is 1. The van der Waals surface area contributed by atoms with Gasteiger partial charge in [-0.05, 0) is 24.6 Å². The number of aryl methyl sites for hydroxylation is 1. The van der Waals surface area contributed by atoms with E-state index in [0.717, 1.165) is 0 Å². The van der Waals surface area contributed by atoms with Crippen molar-refractivity contribution in [1.29, 1.82) is 0 Å². The smallest absolute Gasteiger partial charge is 0.336 e. The van der Waals surface area contributed by atoms with Crippen LogP contribution in [0.15, 0.2) is 27.4 Å². The van der Waals surface area contributed by atoms with E-state index in [2.05, 4.69) is 5.32 Å². The first-order valence-electron chi connectivity index (χ1n) is 7.01. The van der Waals surface area contributed by atoms with Gasteiger partial charge in [-0.1, -0.05) is 0 Å². The van der Waals surface area contributed by atoms with E-state index in [9.17, 15) is 14.4 Å². The van der Waals surface area contributed by atoms with E-state index in [1.807, 2.05) is 0 Å². The molecule has 1 aromatic carbocycles. The lowest BCUT2D eigenvalue weighted by molar-refractivity contribution is -0.136. The van der Waals surface area contributed by atoms with Gasteiger partial charge in [0.05, 0.1) is 20.0 Å². The number of hydrogen-bond donors (Lipinski definition) is 2. The number of benzene rings is 1. The summed E-state index contributed by atoms with van der Waals surface area (Å²) in [5.41, 5.74) is 1.03. The van der Waals surface area contributed by atoms with Crippen LogP contribution >= 0.6 is 0 Å². The molecule has 0 unspecified atom stereocenters. The third-order valence-corrected chi connectivity index (χ3v) is 3.43. The SMILES string of the molecule is COc1ccc2c(CC(=O)NCCC(=O)O)cc(=O)oc2c1C. The molecule has 0 saturated heterocycles. The van der Waals surface area contributed by atoms with Gasteiger partial charge in [-0.15, -0.1) is 0 Å². The van der Waals surface area contributed by atoms with Crippen molar-refractivity contribution in [2.24, 2.45) is 0 Å². The Labute approximate surface area is 131 Å². The molecule has 1 amide bonds. The van der Waals surface area contributed by atoms with Gasteiger partial charge in [0.15, 0.2) is 0 Å². The molecule has 2 N–H and O–H groups in total. The van der Waals surface area contributed by atoms with E-state index in [4.69, 9.17) is 14.3 Å². The standard InChI is InChI=1S/C16H17NO6/c1-9-12(22-2)4-3-11-10(8-15(21)23-16(9)11)7-13(18)17-6-5-14(19)20/h3-4,8H,5-7H2,1-2H3,(H,17,18)(H,19,20). The number of hydrogen-bond acceptors (Lipinski definition) is 5. The van der Waals surface area contributed by atoms with Gasteiger partial charge in [-0.2, -0.15) is 0 Å². The number of carbonyl (C=O) groups is 2. The topological polar surface area (TPSA) is 106 Å². The fourth-order valence-electron chi connectivity index (χ4n) is 2.32. The van der Waals surface area contributed by atoms with Crippen molar-refractivity contribution in [2.45, 2.75) is 19.8 Å². The first-order chi connectivity index (χ1) is 10.9. The first kappa shape index (κ1) is 16.5. The monoisotopic (exact) mass is 319 g/mol. The predicted octanol–water partition coefficient (Wildman–Crippen LogP) is 1.24. The summed E-state index contributed by atoms with van der Waals surface area (Å²) < 4.78 is 10.4. The number of fused-ring (bicyclic) bond motifs is 1. The number of methoxy groups -OCH3 is 1. The molecule has 0 radical (unpaired) electrons. The van der Waals surface area contributed by atoms with E-state index in [1.54, 1.807) is 19.1 Å². The van der Waals surface area contributed by atoms with Crippen molar-refractivity contribution in [3.8, 4) is 5.75 Å². The molecule has 1 aromatic heterocycles. The van der Waals surface area contributed by atoms with E-state index >= 15 is 0 Å². The summed E-state index contributed by atoms with van der Waals surface area (Å²) in [5.74, 6) is -0.755. The number of amides is 1. The third-order valence-electron chi connectivity index (χ3n) is 3.43. The van der Waals surface area contributed by atoms with Crippen LogP contribution in [0.2, 0.25) is 0 Å². The molecule has 0 atom stereocenters. The van der Waals surface area contributed by atoms with Gasteiger partial charge in [0.25, 0.3) is 0 Å². The number of ether oxygens (including phenoxy) is 1. The predicted molar refractivity (Wildman–Crippen MR) is 82.7 cm³/mol. The Morgan fingerprint density at radius 1 is 1.35 bits per heavy atom. The second-order valence-electron chi connectivity index (χ2n) is 5.03. The molecule has 7 nitrogen and oxygen atoms in total. The van der Waals surface area contributed by atoms with E-state index in [0.29, 0.717) is 27.8 Å². The second-order valence-corrected chi connectivity index (χ2v) is 5.03. The molecule has 7 heteroatoms. The van der Waals surface area contributed by atoms with Crippen LogP contribution in [0.5, 0.6) is 5.75 Å². The fourth-order valence-corrected chi connectivity index (χ4v) is 2.32. The van der Waals surface area contributed by atoms with Gasteiger partial charge in [-0.25, -0.2) is 4.79 Å². The first-order valence-corrected chi connectivity index (χ1v) is 7.01. The normalized spacial score (nSPS) is 10.5. The number of carboxylic acids is 1. The molecule has 23 heavy (non-hydrogen) atoms. The molecule has 0 aliphatic heterocycles. The zero-order valence-corrected chi connectivity index (χ0v) is 12.8. The summed E-state index contributed by atoms with van der Waals surface area (Å²) in [4.78, 5) is 34.1. The van der Waals surface area contributed by atoms with Crippen molar-refractivity contribution in [1.82, 2.24) is 5.32 Å². The molecule has 0 aliphatic carbocycles. The van der Waals surface area contributed by atoms with Crippen LogP contribution in [0.3, 0.4) is 0 Å². The number of aliphatic carboxylic acids is 1. The summed E-state index contributed by atoms with van der Waals surface area (Å²) in [5, 5.41) is 11.7.